The lowest BCUT2D eigenvalue weighted by molar-refractivity contribution is 0.0945. The van der Waals surface area contributed by atoms with Crippen molar-refractivity contribution in [3.05, 3.63) is 52.3 Å². The van der Waals surface area contributed by atoms with E-state index in [1.165, 1.54) is 15.3 Å². The Labute approximate surface area is 143 Å². The molecule has 1 amide bonds. The van der Waals surface area contributed by atoms with E-state index in [0.29, 0.717) is 11.8 Å². The Morgan fingerprint density at radius 3 is 3.09 bits per heavy atom. The maximum absolute atomic E-state index is 12.6. The summed E-state index contributed by atoms with van der Waals surface area (Å²) in [6, 6.07) is 12.5. The maximum atomic E-state index is 12.6. The van der Waals surface area contributed by atoms with E-state index < -0.39 is 0 Å². The van der Waals surface area contributed by atoms with Crippen LogP contribution in [0.25, 0.3) is 10.9 Å². The molecule has 1 aromatic carbocycles. The van der Waals surface area contributed by atoms with Crippen LogP contribution in [-0.2, 0) is 13.0 Å². The van der Waals surface area contributed by atoms with Crippen LogP contribution in [-0.4, -0.2) is 22.3 Å². The molecule has 0 saturated carbocycles. The summed E-state index contributed by atoms with van der Waals surface area (Å²) in [4.78, 5) is 15.2. The van der Waals surface area contributed by atoms with Crippen molar-refractivity contribution in [1.82, 2.24) is 9.88 Å². The fourth-order valence-corrected chi connectivity index (χ4v) is 4.98. The smallest absolute Gasteiger partial charge is 0.267 e. The van der Waals surface area contributed by atoms with Gasteiger partial charge in [-0.3, -0.25) is 4.79 Å². The van der Waals surface area contributed by atoms with Crippen LogP contribution in [0.15, 0.2) is 46.7 Å². The molecule has 1 atom stereocenters. The second kappa shape index (κ2) is 6.06. The van der Waals surface area contributed by atoms with Gasteiger partial charge in [0, 0.05) is 33.5 Å². The van der Waals surface area contributed by atoms with Crippen molar-refractivity contribution >= 4 is 39.9 Å². The second-order valence-electron chi connectivity index (χ2n) is 5.85. The van der Waals surface area contributed by atoms with Crippen LogP contribution in [0.5, 0.6) is 0 Å². The number of nitrogens with one attached hydrogen (secondary N) is 1. The summed E-state index contributed by atoms with van der Waals surface area (Å²) in [5.74, 6) is 0.0304. The number of aromatic nitrogens is 1. The van der Waals surface area contributed by atoms with Gasteiger partial charge in [0.25, 0.3) is 5.91 Å². The molecule has 23 heavy (non-hydrogen) atoms. The average molecular weight is 342 g/mol. The number of rotatable bonds is 4. The van der Waals surface area contributed by atoms with Crippen LogP contribution in [0, 0.1) is 0 Å². The molecular formula is C18H18N2OS2. The summed E-state index contributed by atoms with van der Waals surface area (Å²) >= 11 is 3.63. The number of benzene rings is 1. The minimum Gasteiger partial charge on any atom is -0.350 e. The van der Waals surface area contributed by atoms with Gasteiger partial charge < -0.3 is 9.88 Å². The van der Waals surface area contributed by atoms with Crippen LogP contribution in [0.4, 0.5) is 0 Å². The molecule has 1 aliphatic rings. The zero-order valence-electron chi connectivity index (χ0n) is 12.9. The first kappa shape index (κ1) is 14.8. The Morgan fingerprint density at radius 1 is 1.35 bits per heavy atom. The Kier molecular flexibility index (Phi) is 3.91. The minimum atomic E-state index is 0.0304. The van der Waals surface area contributed by atoms with E-state index >= 15 is 0 Å². The van der Waals surface area contributed by atoms with E-state index in [2.05, 4.69) is 46.5 Å². The molecule has 0 saturated heterocycles. The highest BCUT2D eigenvalue weighted by atomic mass is 32.2. The number of amides is 1. The number of hydrogen-bond acceptors (Lipinski definition) is 3. The molecule has 3 nitrogen and oxygen atoms in total. The highest BCUT2D eigenvalue weighted by Crippen LogP contribution is 2.38. The number of nitrogens with zero attached hydrogens (tertiary/aromatic N) is 1. The van der Waals surface area contributed by atoms with Gasteiger partial charge in [0.2, 0.25) is 0 Å². The molecule has 0 bridgehead atoms. The first-order chi connectivity index (χ1) is 11.2. The molecule has 0 fully saturated rings. The lowest BCUT2D eigenvalue weighted by Gasteiger charge is -2.22. The number of carbonyl (C=O) groups is 1. The molecule has 0 radical (unpaired) electrons. The average Bonchev–Trinajstić information content (AvgIpc) is 3.16. The summed E-state index contributed by atoms with van der Waals surface area (Å²) in [6.07, 6.45) is 0.890. The van der Waals surface area contributed by atoms with Crippen molar-refractivity contribution in [1.29, 1.82) is 0 Å². The van der Waals surface area contributed by atoms with Crippen molar-refractivity contribution in [2.45, 2.75) is 30.0 Å². The largest absolute Gasteiger partial charge is 0.350 e. The predicted octanol–water partition coefficient (Wildman–Crippen LogP) is 4.17. The molecule has 0 unspecified atom stereocenters. The van der Waals surface area contributed by atoms with Crippen LogP contribution in [0.3, 0.4) is 0 Å². The monoisotopic (exact) mass is 342 g/mol. The summed E-state index contributed by atoms with van der Waals surface area (Å²) < 4.78 is 2.19. The van der Waals surface area contributed by atoms with Crippen molar-refractivity contribution in [2.75, 3.05) is 6.54 Å². The molecule has 118 valence electrons. The first-order valence-electron chi connectivity index (χ1n) is 7.82. The third kappa shape index (κ3) is 2.79. The highest BCUT2D eigenvalue weighted by Gasteiger charge is 2.23. The van der Waals surface area contributed by atoms with E-state index in [0.717, 1.165) is 24.0 Å². The quantitative estimate of drug-likeness (QED) is 0.772. The molecule has 4 rings (SSSR count). The van der Waals surface area contributed by atoms with Gasteiger partial charge in [-0.05, 0) is 30.0 Å². The molecule has 3 heterocycles. The Hall–Kier alpha value is -1.72. The Morgan fingerprint density at radius 2 is 2.26 bits per heavy atom. The van der Waals surface area contributed by atoms with Crippen LogP contribution < -0.4 is 5.32 Å². The standard InChI is InChI=1S/C18H18N2OS2/c1-12-11-20-15(10-13-4-2-6-16(23-12)17(13)20)18(21)19-8-7-14-5-3-9-22-14/h2-6,9-10,12H,7-8,11H2,1H3,(H,19,21)/t12-/m0/s1. The van der Waals surface area contributed by atoms with E-state index in [1.807, 2.05) is 23.9 Å². The fraction of sp³-hybridized carbons (Fsp3) is 0.278. The first-order valence-corrected chi connectivity index (χ1v) is 9.58. The molecule has 3 aromatic rings. The molecule has 0 spiro atoms. The highest BCUT2D eigenvalue weighted by molar-refractivity contribution is 8.00. The lowest BCUT2D eigenvalue weighted by Crippen LogP contribution is -2.29. The number of carbonyl (C=O) groups excluding carboxylic acids is 1. The normalized spacial score (nSPS) is 16.7. The number of para-hydroxylation sites is 1. The maximum Gasteiger partial charge on any atom is 0.267 e. The summed E-state index contributed by atoms with van der Waals surface area (Å²) in [7, 11) is 0. The zero-order chi connectivity index (χ0) is 15.8. The zero-order valence-corrected chi connectivity index (χ0v) is 14.5. The van der Waals surface area contributed by atoms with Crippen molar-refractivity contribution in [3.63, 3.8) is 0 Å². The van der Waals surface area contributed by atoms with Gasteiger partial charge in [-0.25, -0.2) is 0 Å². The van der Waals surface area contributed by atoms with E-state index in [-0.39, 0.29) is 5.91 Å². The van der Waals surface area contributed by atoms with Crippen LogP contribution >= 0.6 is 23.1 Å². The van der Waals surface area contributed by atoms with Crippen molar-refractivity contribution in [2.24, 2.45) is 0 Å². The van der Waals surface area contributed by atoms with Gasteiger partial charge in [-0.1, -0.05) is 25.1 Å². The van der Waals surface area contributed by atoms with E-state index in [4.69, 9.17) is 0 Å². The summed E-state index contributed by atoms with van der Waals surface area (Å²) in [6.45, 7) is 3.78. The second-order valence-corrected chi connectivity index (χ2v) is 8.36. The van der Waals surface area contributed by atoms with Gasteiger partial charge in [0.15, 0.2) is 0 Å². The van der Waals surface area contributed by atoms with Gasteiger partial charge in [0.05, 0.1) is 5.52 Å². The van der Waals surface area contributed by atoms with Crippen molar-refractivity contribution < 1.29 is 4.79 Å². The molecule has 0 aliphatic carbocycles. The Bertz CT molecular complexity index is 851. The van der Waals surface area contributed by atoms with Crippen molar-refractivity contribution in [3.8, 4) is 0 Å². The molecular weight excluding hydrogens is 324 g/mol. The predicted molar refractivity (Wildman–Crippen MR) is 97.6 cm³/mol. The van der Waals surface area contributed by atoms with Gasteiger partial charge in [0.1, 0.15) is 5.69 Å². The van der Waals surface area contributed by atoms with Crippen LogP contribution in [0.1, 0.15) is 22.3 Å². The number of hydrogen-bond donors (Lipinski definition) is 1. The third-order valence-corrected chi connectivity index (χ3v) is 6.19. The minimum absolute atomic E-state index is 0.0304. The SMILES string of the molecule is C[C@H]1Cn2c(C(=O)NCCc3cccs3)cc3cccc(c32)S1. The van der Waals surface area contributed by atoms with Gasteiger partial charge in [-0.15, -0.1) is 23.1 Å². The van der Waals surface area contributed by atoms with E-state index in [1.54, 1.807) is 11.3 Å². The molecule has 1 N–H and O–H groups in total. The topological polar surface area (TPSA) is 34.0 Å². The number of thiophene rings is 1. The lowest BCUT2D eigenvalue weighted by atomic mass is 10.2. The summed E-state index contributed by atoms with van der Waals surface area (Å²) in [5, 5.41) is 6.78. The molecule has 2 aromatic heterocycles. The van der Waals surface area contributed by atoms with Crippen LogP contribution in [0.2, 0.25) is 0 Å². The molecule has 5 heteroatoms. The number of thioether (sulfide) groups is 1. The third-order valence-electron chi connectivity index (χ3n) is 4.12. The summed E-state index contributed by atoms with van der Waals surface area (Å²) in [5.41, 5.74) is 1.99. The fourth-order valence-electron chi connectivity index (χ4n) is 3.12. The molecule has 1 aliphatic heterocycles. The Balaban J connectivity index is 1.58. The van der Waals surface area contributed by atoms with Gasteiger partial charge >= 0.3 is 0 Å². The van der Waals surface area contributed by atoms with E-state index in [9.17, 15) is 4.79 Å². The van der Waals surface area contributed by atoms with Gasteiger partial charge in [-0.2, -0.15) is 0 Å².